The summed E-state index contributed by atoms with van der Waals surface area (Å²) >= 11 is 3.52. The highest BCUT2D eigenvalue weighted by Crippen LogP contribution is 2.35. The molecule has 2 nitrogen and oxygen atoms in total. The van der Waals surface area contributed by atoms with E-state index < -0.39 is 0 Å². The zero-order valence-corrected chi connectivity index (χ0v) is 14.7. The Kier molecular flexibility index (Phi) is 4.69. The van der Waals surface area contributed by atoms with Gasteiger partial charge in [0.15, 0.2) is 0 Å². The maximum Gasteiger partial charge on any atom is 0.111 e. The predicted molar refractivity (Wildman–Crippen MR) is 100 cm³/mol. The van der Waals surface area contributed by atoms with Gasteiger partial charge in [0.25, 0.3) is 0 Å². The molecular formula is C18H20N2S2. The molecule has 0 radical (unpaired) electrons. The van der Waals surface area contributed by atoms with Gasteiger partial charge in [0, 0.05) is 24.3 Å². The lowest BCUT2D eigenvalue weighted by atomic mass is 9.98. The molecule has 4 heteroatoms. The van der Waals surface area contributed by atoms with Crippen LogP contribution in [-0.4, -0.2) is 27.8 Å². The molecule has 0 aromatic heterocycles. The molecule has 114 valence electrons. The normalized spacial score (nSPS) is 14.4. The van der Waals surface area contributed by atoms with Crippen molar-refractivity contribution in [2.24, 2.45) is 0 Å². The maximum atomic E-state index is 2.33. The minimum atomic E-state index is 0.923. The zero-order chi connectivity index (χ0) is 15.5. The van der Waals surface area contributed by atoms with Gasteiger partial charge in [-0.25, -0.2) is 0 Å². The first kappa shape index (κ1) is 15.4. The number of benzene rings is 2. The summed E-state index contributed by atoms with van der Waals surface area (Å²) in [6, 6.07) is 17.4. The van der Waals surface area contributed by atoms with E-state index in [1.165, 1.54) is 28.0 Å². The number of aryl methyl sites for hydroxylation is 1. The van der Waals surface area contributed by atoms with E-state index in [0.29, 0.717) is 0 Å². The van der Waals surface area contributed by atoms with Crippen LogP contribution in [0.15, 0.2) is 54.7 Å². The minimum absolute atomic E-state index is 0.923. The Labute approximate surface area is 141 Å². The molecule has 0 atom stereocenters. The number of nitrogens with zero attached hydrogens (tertiary/aromatic N) is 2. The Morgan fingerprint density at radius 2 is 1.68 bits per heavy atom. The van der Waals surface area contributed by atoms with Gasteiger partial charge >= 0.3 is 0 Å². The van der Waals surface area contributed by atoms with Crippen molar-refractivity contribution < 1.29 is 0 Å². The van der Waals surface area contributed by atoms with Crippen molar-refractivity contribution in [3.05, 3.63) is 65.9 Å². The highest BCUT2D eigenvalue weighted by atomic mass is 32.2. The third kappa shape index (κ3) is 2.99. The van der Waals surface area contributed by atoms with Gasteiger partial charge in [-0.15, -0.1) is 0 Å². The van der Waals surface area contributed by atoms with Crippen LogP contribution in [-0.2, 0) is 0 Å². The quantitative estimate of drug-likeness (QED) is 0.721. The lowest BCUT2D eigenvalue weighted by Gasteiger charge is -2.20. The van der Waals surface area contributed by atoms with E-state index in [-0.39, 0.29) is 0 Å². The van der Waals surface area contributed by atoms with Crippen molar-refractivity contribution in [2.75, 3.05) is 19.2 Å². The fourth-order valence-corrected chi connectivity index (χ4v) is 3.77. The lowest BCUT2D eigenvalue weighted by molar-refractivity contribution is 0.530. The molecule has 0 spiro atoms. The fraction of sp³-hybridized carbons (Fsp3) is 0.222. The average Bonchev–Trinajstić information content (AvgIpc) is 2.99. The zero-order valence-electron chi connectivity index (χ0n) is 13.1. The Balaban J connectivity index is 2.00. The van der Waals surface area contributed by atoms with Crippen LogP contribution in [0.5, 0.6) is 0 Å². The van der Waals surface area contributed by atoms with E-state index in [9.17, 15) is 0 Å². The van der Waals surface area contributed by atoms with Gasteiger partial charge < -0.3 is 4.31 Å². The van der Waals surface area contributed by atoms with Gasteiger partial charge in [0.2, 0.25) is 0 Å². The van der Waals surface area contributed by atoms with Gasteiger partial charge in [-0.3, -0.25) is 4.31 Å². The number of rotatable bonds is 4. The number of hydrogen-bond donors (Lipinski definition) is 0. The van der Waals surface area contributed by atoms with Crippen LogP contribution < -0.4 is 0 Å². The molecule has 1 heterocycles. The largest absolute Gasteiger partial charge is 0.301 e. The van der Waals surface area contributed by atoms with E-state index in [4.69, 9.17) is 0 Å². The molecule has 3 rings (SSSR count). The smallest absolute Gasteiger partial charge is 0.111 e. The number of hydrogen-bond acceptors (Lipinski definition) is 4. The third-order valence-corrected chi connectivity index (χ3v) is 5.31. The van der Waals surface area contributed by atoms with Crippen molar-refractivity contribution in [1.29, 1.82) is 0 Å². The molecule has 0 N–H and O–H groups in total. The molecule has 22 heavy (non-hydrogen) atoms. The first-order chi connectivity index (χ1) is 10.7. The van der Waals surface area contributed by atoms with Gasteiger partial charge in [-0.1, -0.05) is 66.4 Å². The molecule has 0 fully saturated rings. The summed E-state index contributed by atoms with van der Waals surface area (Å²) in [6.45, 7) is 3.09. The van der Waals surface area contributed by atoms with Gasteiger partial charge in [0.05, 0.1) is 5.70 Å². The molecule has 0 unspecified atom stereocenters. The Morgan fingerprint density at radius 3 is 2.41 bits per heavy atom. The maximum absolute atomic E-state index is 2.33. The summed E-state index contributed by atoms with van der Waals surface area (Å²) in [4.78, 5) is 0. The first-order valence-electron chi connectivity index (χ1n) is 7.23. The van der Waals surface area contributed by atoms with Crippen molar-refractivity contribution in [3.63, 3.8) is 0 Å². The summed E-state index contributed by atoms with van der Waals surface area (Å²) in [5.41, 5.74) is 6.44. The summed E-state index contributed by atoms with van der Waals surface area (Å²) in [7, 11) is 0. The third-order valence-electron chi connectivity index (χ3n) is 3.87. The van der Waals surface area contributed by atoms with E-state index in [2.05, 4.69) is 82.8 Å². The molecule has 2 aromatic carbocycles. The molecule has 0 saturated carbocycles. The first-order valence-corrected chi connectivity index (χ1v) is 9.60. The van der Waals surface area contributed by atoms with Gasteiger partial charge in [-0.2, -0.15) is 0 Å². The molecule has 0 bridgehead atoms. The van der Waals surface area contributed by atoms with Crippen LogP contribution in [0, 0.1) is 6.92 Å². The molecule has 1 aliphatic rings. The van der Waals surface area contributed by atoms with Gasteiger partial charge in [0.1, 0.15) is 6.67 Å². The van der Waals surface area contributed by atoms with Crippen molar-refractivity contribution in [3.8, 4) is 11.1 Å². The van der Waals surface area contributed by atoms with E-state index >= 15 is 0 Å². The van der Waals surface area contributed by atoms with E-state index in [1.54, 1.807) is 23.9 Å². The molecular weight excluding hydrogens is 308 g/mol. The second kappa shape index (κ2) is 6.71. The average molecular weight is 329 g/mol. The van der Waals surface area contributed by atoms with Crippen LogP contribution >= 0.6 is 23.9 Å². The Bertz CT molecular complexity index is 697. The molecule has 0 amide bonds. The standard InChI is InChI=1S/C18H20N2S2/c1-14-7-4-5-10-17(14)15-8-6-9-16(11-15)18-12-19(21-2)13-20(18)22-3/h4-12H,13H2,1-3H3. The SMILES string of the molecule is CSN1C=C(c2cccc(-c3ccccc3C)c2)N(SC)C1. The van der Waals surface area contributed by atoms with E-state index in [1.807, 2.05) is 0 Å². The van der Waals surface area contributed by atoms with Crippen molar-refractivity contribution >= 4 is 29.6 Å². The fourth-order valence-electron chi connectivity index (χ4n) is 2.67. The Hall–Kier alpha value is -1.52. The van der Waals surface area contributed by atoms with Crippen molar-refractivity contribution in [2.45, 2.75) is 6.92 Å². The van der Waals surface area contributed by atoms with Crippen LogP contribution in [0.2, 0.25) is 0 Å². The predicted octanol–water partition coefficient (Wildman–Crippen LogP) is 5.09. The van der Waals surface area contributed by atoms with Crippen LogP contribution in [0.25, 0.3) is 16.8 Å². The molecule has 0 aliphatic carbocycles. The summed E-state index contributed by atoms with van der Waals surface area (Å²) in [5.74, 6) is 0. The topological polar surface area (TPSA) is 6.48 Å². The van der Waals surface area contributed by atoms with Crippen LogP contribution in [0.3, 0.4) is 0 Å². The summed E-state index contributed by atoms with van der Waals surface area (Å²) < 4.78 is 4.58. The van der Waals surface area contributed by atoms with Gasteiger partial charge in [-0.05, 0) is 29.7 Å². The molecule has 1 aliphatic heterocycles. The van der Waals surface area contributed by atoms with E-state index in [0.717, 1.165) is 6.67 Å². The summed E-state index contributed by atoms with van der Waals surface area (Å²) in [6.07, 6.45) is 6.47. The summed E-state index contributed by atoms with van der Waals surface area (Å²) in [5, 5.41) is 0. The monoisotopic (exact) mass is 328 g/mol. The van der Waals surface area contributed by atoms with Crippen LogP contribution in [0.1, 0.15) is 11.1 Å². The molecule has 2 aromatic rings. The minimum Gasteiger partial charge on any atom is -0.301 e. The highest BCUT2D eigenvalue weighted by Gasteiger charge is 2.21. The van der Waals surface area contributed by atoms with Crippen molar-refractivity contribution in [1.82, 2.24) is 8.61 Å². The lowest BCUT2D eigenvalue weighted by Crippen LogP contribution is -2.16. The highest BCUT2D eigenvalue weighted by molar-refractivity contribution is 7.97. The molecule has 0 saturated heterocycles. The Morgan fingerprint density at radius 1 is 0.909 bits per heavy atom. The second-order valence-electron chi connectivity index (χ2n) is 5.21. The second-order valence-corrected chi connectivity index (χ2v) is 6.85. The van der Waals surface area contributed by atoms with Crippen LogP contribution in [0.4, 0.5) is 0 Å².